The minimum atomic E-state index is -4.64. The molecule has 1 heterocycles. The third-order valence-electron chi connectivity index (χ3n) is 5.46. The average Bonchev–Trinajstić information content (AvgIpc) is 2.67. The Hall–Kier alpha value is -2.11. The van der Waals surface area contributed by atoms with Crippen LogP contribution in [0, 0.1) is 24.2 Å². The summed E-state index contributed by atoms with van der Waals surface area (Å²) in [6.45, 7) is 1.69. The van der Waals surface area contributed by atoms with Gasteiger partial charge in [0, 0.05) is 18.9 Å². The number of alkyl halides is 3. The van der Waals surface area contributed by atoms with E-state index in [4.69, 9.17) is 5.26 Å². The second-order valence-corrected chi connectivity index (χ2v) is 9.44. The van der Waals surface area contributed by atoms with Gasteiger partial charge in [0.15, 0.2) is 4.87 Å². The van der Waals surface area contributed by atoms with Gasteiger partial charge in [0.25, 0.3) is 0 Å². The highest BCUT2D eigenvalue weighted by molar-refractivity contribution is 7.93. The molecule has 1 aliphatic heterocycles. The van der Waals surface area contributed by atoms with Crippen molar-refractivity contribution < 1.29 is 21.6 Å². The smallest absolute Gasteiger partial charge is 0.269 e. The summed E-state index contributed by atoms with van der Waals surface area (Å²) in [6.07, 6.45) is 1.11. The van der Waals surface area contributed by atoms with E-state index in [1.165, 1.54) is 24.3 Å². The monoisotopic (exact) mass is 410 g/mol. The van der Waals surface area contributed by atoms with Crippen molar-refractivity contribution in [1.82, 2.24) is 4.90 Å². The van der Waals surface area contributed by atoms with Gasteiger partial charge in [0.2, 0.25) is 9.84 Å². The Morgan fingerprint density at radius 1 is 1.21 bits per heavy atom. The number of piperidine rings is 1. The van der Waals surface area contributed by atoms with Crippen LogP contribution < -0.4 is 0 Å². The first-order valence-corrected chi connectivity index (χ1v) is 10.5. The molecule has 1 aromatic rings. The quantitative estimate of drug-likeness (QED) is 0.751. The van der Waals surface area contributed by atoms with E-state index in [1.807, 2.05) is 13.0 Å². The van der Waals surface area contributed by atoms with Crippen LogP contribution >= 0.6 is 0 Å². The SMILES string of the molecule is Cc1ccc(S(=O)(=O)C2(N3CCC(C#N)CC3C(F)(F)F)C=CC=CC2)cc1. The molecule has 28 heavy (non-hydrogen) atoms. The summed E-state index contributed by atoms with van der Waals surface area (Å²) in [6, 6.07) is 6.04. The molecule has 0 amide bonds. The number of nitrogens with zero attached hydrogens (tertiary/aromatic N) is 2. The molecule has 4 nitrogen and oxygen atoms in total. The van der Waals surface area contributed by atoms with E-state index in [-0.39, 0.29) is 24.3 Å². The molecule has 1 saturated heterocycles. The van der Waals surface area contributed by atoms with Gasteiger partial charge in [0.1, 0.15) is 6.04 Å². The van der Waals surface area contributed by atoms with Crippen LogP contribution in [-0.4, -0.2) is 37.0 Å². The topological polar surface area (TPSA) is 61.2 Å². The third kappa shape index (κ3) is 3.49. The molecular formula is C20H21F3N2O2S. The fraction of sp³-hybridized carbons (Fsp3) is 0.450. The van der Waals surface area contributed by atoms with Crippen LogP contribution in [-0.2, 0) is 9.84 Å². The number of hydrogen-bond acceptors (Lipinski definition) is 4. The molecule has 3 unspecified atom stereocenters. The summed E-state index contributed by atoms with van der Waals surface area (Å²) in [5, 5.41) is 9.12. The van der Waals surface area contributed by atoms with E-state index < -0.39 is 39.3 Å². The lowest BCUT2D eigenvalue weighted by atomic mass is 9.89. The van der Waals surface area contributed by atoms with Crippen LogP contribution in [0.15, 0.2) is 53.5 Å². The third-order valence-corrected chi connectivity index (χ3v) is 7.82. The zero-order valence-electron chi connectivity index (χ0n) is 15.4. The molecule has 1 fully saturated rings. The molecule has 8 heteroatoms. The Balaban J connectivity index is 2.14. The molecule has 3 atom stereocenters. The molecule has 2 aliphatic rings. The average molecular weight is 410 g/mol. The number of aryl methyl sites for hydroxylation is 1. The van der Waals surface area contributed by atoms with Crippen LogP contribution in [0.3, 0.4) is 0 Å². The molecule has 0 bridgehead atoms. The number of allylic oxidation sites excluding steroid dienone is 2. The van der Waals surface area contributed by atoms with Crippen molar-refractivity contribution in [3.63, 3.8) is 0 Å². The van der Waals surface area contributed by atoms with Crippen molar-refractivity contribution in [3.05, 3.63) is 54.1 Å². The van der Waals surface area contributed by atoms with Gasteiger partial charge in [0.05, 0.1) is 11.0 Å². The number of halogens is 3. The first kappa shape index (κ1) is 20.6. The van der Waals surface area contributed by atoms with Crippen LogP contribution in [0.1, 0.15) is 24.8 Å². The maximum absolute atomic E-state index is 13.9. The van der Waals surface area contributed by atoms with Crippen LogP contribution in [0.4, 0.5) is 13.2 Å². The van der Waals surface area contributed by atoms with Crippen molar-refractivity contribution in [2.75, 3.05) is 6.54 Å². The minimum Gasteiger partial charge on any atom is -0.269 e. The van der Waals surface area contributed by atoms with Gasteiger partial charge < -0.3 is 0 Å². The first-order valence-electron chi connectivity index (χ1n) is 9.00. The first-order chi connectivity index (χ1) is 13.1. The van der Waals surface area contributed by atoms with Crippen molar-refractivity contribution in [3.8, 4) is 6.07 Å². The minimum absolute atomic E-state index is 0.0126. The van der Waals surface area contributed by atoms with Crippen molar-refractivity contribution >= 4 is 9.84 Å². The van der Waals surface area contributed by atoms with Crippen molar-refractivity contribution in [2.45, 2.75) is 48.2 Å². The van der Waals surface area contributed by atoms with E-state index in [0.717, 1.165) is 10.5 Å². The number of hydrogen-bond donors (Lipinski definition) is 0. The molecular weight excluding hydrogens is 389 g/mol. The lowest BCUT2D eigenvalue weighted by molar-refractivity contribution is -0.200. The normalized spacial score (nSPS) is 28.8. The standard InChI is InChI=1S/C20H21F3N2O2S/c1-15-5-7-17(8-6-15)28(26,27)19(10-3-2-4-11-19)25-12-9-16(14-24)13-18(25)20(21,22)23/h2-8,10,16,18H,9,11-13H2,1H3. The van der Waals surface area contributed by atoms with Gasteiger partial charge in [-0.3, -0.25) is 4.90 Å². The zero-order chi connectivity index (χ0) is 20.6. The Kier molecular flexibility index (Phi) is 5.43. The zero-order valence-corrected chi connectivity index (χ0v) is 16.2. The highest BCUT2D eigenvalue weighted by Gasteiger charge is 2.57. The van der Waals surface area contributed by atoms with Gasteiger partial charge in [-0.1, -0.05) is 35.9 Å². The van der Waals surface area contributed by atoms with Gasteiger partial charge >= 0.3 is 6.18 Å². The predicted octanol–water partition coefficient (Wildman–Crippen LogP) is 4.15. The lowest BCUT2D eigenvalue weighted by Crippen LogP contribution is -2.63. The molecule has 1 aromatic carbocycles. The molecule has 0 spiro atoms. The predicted molar refractivity (Wildman–Crippen MR) is 98.9 cm³/mol. The second kappa shape index (κ2) is 7.37. The van der Waals surface area contributed by atoms with E-state index in [2.05, 4.69) is 0 Å². The molecule has 3 rings (SSSR count). The summed E-state index contributed by atoms with van der Waals surface area (Å²) in [4.78, 5) is -0.811. The van der Waals surface area contributed by atoms with E-state index in [1.54, 1.807) is 24.3 Å². The Bertz CT molecular complexity index is 930. The van der Waals surface area contributed by atoms with Crippen molar-refractivity contribution in [2.24, 2.45) is 5.92 Å². The summed E-state index contributed by atoms with van der Waals surface area (Å²) < 4.78 is 68.8. The second-order valence-electron chi connectivity index (χ2n) is 7.25. The fourth-order valence-corrected chi connectivity index (χ4v) is 5.93. The van der Waals surface area contributed by atoms with Gasteiger partial charge in [-0.05, 0) is 38.0 Å². The molecule has 150 valence electrons. The molecule has 0 aromatic heterocycles. The summed E-state index contributed by atoms with van der Waals surface area (Å²) in [5.41, 5.74) is 0.857. The maximum atomic E-state index is 13.9. The van der Waals surface area contributed by atoms with Gasteiger partial charge in [-0.15, -0.1) is 0 Å². The van der Waals surface area contributed by atoms with Gasteiger partial charge in [-0.25, -0.2) is 8.42 Å². The molecule has 0 radical (unpaired) electrons. The fourth-order valence-electron chi connectivity index (χ4n) is 3.92. The number of nitriles is 1. The van der Waals surface area contributed by atoms with Crippen LogP contribution in [0.2, 0.25) is 0 Å². The van der Waals surface area contributed by atoms with Gasteiger partial charge in [-0.2, -0.15) is 18.4 Å². The number of likely N-dealkylation sites (tertiary alicyclic amines) is 1. The van der Waals surface area contributed by atoms with Crippen LogP contribution in [0.25, 0.3) is 0 Å². The highest BCUT2D eigenvalue weighted by atomic mass is 32.2. The molecule has 0 N–H and O–H groups in total. The number of rotatable bonds is 3. The highest BCUT2D eigenvalue weighted by Crippen LogP contribution is 2.44. The summed E-state index contributed by atoms with van der Waals surface area (Å²) in [7, 11) is -4.15. The summed E-state index contributed by atoms with van der Waals surface area (Å²) in [5.74, 6) is -0.745. The van der Waals surface area contributed by atoms with Crippen LogP contribution in [0.5, 0.6) is 0 Å². The number of benzene rings is 1. The lowest BCUT2D eigenvalue weighted by Gasteiger charge is -2.49. The summed E-state index contributed by atoms with van der Waals surface area (Å²) >= 11 is 0. The Morgan fingerprint density at radius 3 is 2.43 bits per heavy atom. The Morgan fingerprint density at radius 2 is 1.89 bits per heavy atom. The Labute approximate surface area is 162 Å². The molecule has 1 aliphatic carbocycles. The van der Waals surface area contributed by atoms with E-state index in [9.17, 15) is 21.6 Å². The molecule has 0 saturated carbocycles. The maximum Gasteiger partial charge on any atom is 0.404 e. The van der Waals surface area contributed by atoms with Crippen molar-refractivity contribution in [1.29, 1.82) is 5.26 Å². The number of sulfone groups is 1. The largest absolute Gasteiger partial charge is 0.404 e. The van der Waals surface area contributed by atoms with E-state index >= 15 is 0 Å². The van der Waals surface area contributed by atoms with E-state index in [0.29, 0.717) is 0 Å².